The lowest BCUT2D eigenvalue weighted by Crippen LogP contribution is -2.17. The van der Waals surface area contributed by atoms with Crippen LogP contribution in [0.2, 0.25) is 0 Å². The van der Waals surface area contributed by atoms with Crippen LogP contribution in [-0.2, 0) is 17.8 Å². The van der Waals surface area contributed by atoms with Crippen molar-refractivity contribution in [3.05, 3.63) is 58.7 Å². The Morgan fingerprint density at radius 1 is 1.30 bits per heavy atom. The number of nitrogens with zero attached hydrogens (tertiary/aromatic N) is 5. The number of halogens is 1. The number of Topliss-reactive ketones (excluding diaryl/α,β-unsaturated/α-hetero) is 1. The molecule has 1 aliphatic heterocycles. The number of hydrogen-bond acceptors (Lipinski definition) is 6. The monoisotopic (exact) mass is 429 g/mol. The first-order valence-corrected chi connectivity index (χ1v) is 10.9. The van der Waals surface area contributed by atoms with Crippen LogP contribution in [0.3, 0.4) is 0 Å². The number of hydrogen-bond donors (Lipinski definition) is 0. The van der Waals surface area contributed by atoms with E-state index < -0.39 is 0 Å². The highest BCUT2D eigenvalue weighted by Crippen LogP contribution is 2.22. The Kier molecular flexibility index (Phi) is 6.29. The first-order valence-electron chi connectivity index (χ1n) is 9.96. The number of carbonyl (C=O) groups is 1. The van der Waals surface area contributed by atoms with Crippen molar-refractivity contribution in [1.29, 1.82) is 0 Å². The molecular weight excluding hydrogens is 405 g/mol. The number of aromatic nitrogens is 5. The van der Waals surface area contributed by atoms with E-state index in [0.29, 0.717) is 23.8 Å². The molecule has 1 aromatic carbocycles. The molecule has 7 nitrogen and oxygen atoms in total. The predicted molar refractivity (Wildman–Crippen MR) is 111 cm³/mol. The summed E-state index contributed by atoms with van der Waals surface area (Å²) < 4.78 is 22.6. The maximum Gasteiger partial charge on any atom is 0.209 e. The summed E-state index contributed by atoms with van der Waals surface area (Å²) in [6, 6.07) is 8.34. The minimum atomic E-state index is -0.255. The Balaban J connectivity index is 1.42. The van der Waals surface area contributed by atoms with E-state index in [0.717, 1.165) is 36.4 Å². The van der Waals surface area contributed by atoms with Gasteiger partial charge in [-0.2, -0.15) is 0 Å². The van der Waals surface area contributed by atoms with Gasteiger partial charge in [0.15, 0.2) is 5.78 Å². The molecule has 0 unspecified atom stereocenters. The summed E-state index contributed by atoms with van der Waals surface area (Å²) in [6.45, 7) is 5.90. The van der Waals surface area contributed by atoms with Crippen molar-refractivity contribution in [2.24, 2.45) is 0 Å². The summed E-state index contributed by atoms with van der Waals surface area (Å²) in [4.78, 5) is 12.9. The number of carbonyl (C=O) groups excluding carboxylic acids is 1. The largest absolute Gasteiger partial charge is 0.376 e. The third-order valence-electron chi connectivity index (χ3n) is 5.36. The quantitative estimate of drug-likeness (QED) is 0.403. The zero-order valence-electron chi connectivity index (χ0n) is 17.0. The molecule has 0 amide bonds. The van der Waals surface area contributed by atoms with E-state index in [1.807, 2.05) is 19.9 Å². The van der Waals surface area contributed by atoms with Crippen LogP contribution in [-0.4, -0.2) is 49.0 Å². The van der Waals surface area contributed by atoms with Gasteiger partial charge >= 0.3 is 0 Å². The van der Waals surface area contributed by atoms with Gasteiger partial charge < -0.3 is 9.30 Å². The van der Waals surface area contributed by atoms with Crippen LogP contribution in [0.4, 0.5) is 4.39 Å². The van der Waals surface area contributed by atoms with Crippen molar-refractivity contribution >= 4 is 17.5 Å². The second kappa shape index (κ2) is 9.09. The third kappa shape index (κ3) is 4.62. The molecule has 3 heterocycles. The van der Waals surface area contributed by atoms with Crippen molar-refractivity contribution in [2.75, 3.05) is 12.4 Å². The van der Waals surface area contributed by atoms with Crippen LogP contribution >= 0.6 is 11.8 Å². The lowest BCUT2D eigenvalue weighted by Gasteiger charge is -2.10. The normalized spacial score (nSPS) is 16.3. The van der Waals surface area contributed by atoms with Gasteiger partial charge in [-0.15, -0.1) is 5.10 Å². The van der Waals surface area contributed by atoms with E-state index in [1.165, 1.54) is 23.9 Å². The van der Waals surface area contributed by atoms with Gasteiger partial charge in [0.1, 0.15) is 5.82 Å². The molecule has 0 radical (unpaired) electrons. The topological polar surface area (TPSA) is 74.8 Å². The number of ether oxygens (including phenoxy) is 1. The molecule has 158 valence electrons. The van der Waals surface area contributed by atoms with Crippen LogP contribution in [0.1, 0.15) is 40.2 Å². The van der Waals surface area contributed by atoms with Gasteiger partial charge in [-0.3, -0.25) is 4.79 Å². The van der Waals surface area contributed by atoms with Gasteiger partial charge in [0.2, 0.25) is 5.16 Å². The Bertz CT molecular complexity index is 1020. The van der Waals surface area contributed by atoms with E-state index in [-0.39, 0.29) is 23.5 Å². The van der Waals surface area contributed by atoms with E-state index in [2.05, 4.69) is 20.1 Å². The molecule has 4 rings (SSSR count). The second-order valence-electron chi connectivity index (χ2n) is 7.49. The fourth-order valence-electron chi connectivity index (χ4n) is 3.70. The summed E-state index contributed by atoms with van der Waals surface area (Å²) in [5, 5.41) is 12.5. The fraction of sp³-hybridized carbons (Fsp3) is 0.429. The van der Waals surface area contributed by atoms with Gasteiger partial charge in [-0.05, 0) is 60.9 Å². The molecule has 1 aliphatic rings. The summed E-state index contributed by atoms with van der Waals surface area (Å²) in [7, 11) is 0. The standard InChI is InChI=1S/C21H24FN5O2S/c1-14-10-19(15(2)26(14)11-16-5-7-17(22)8-6-16)20(28)13-30-21-23-24-25-27(21)12-18-4-3-9-29-18/h5-8,10,18H,3-4,9,11-13H2,1-2H3/t18-/m0/s1. The molecule has 1 fully saturated rings. The highest BCUT2D eigenvalue weighted by atomic mass is 32.2. The molecule has 0 N–H and O–H groups in total. The minimum Gasteiger partial charge on any atom is -0.376 e. The van der Waals surface area contributed by atoms with Crippen molar-refractivity contribution < 1.29 is 13.9 Å². The smallest absolute Gasteiger partial charge is 0.209 e. The first kappa shape index (κ1) is 20.7. The summed E-state index contributed by atoms with van der Waals surface area (Å²) in [5.74, 6) is 0.0340. The number of tetrazole rings is 1. The van der Waals surface area contributed by atoms with Crippen molar-refractivity contribution in [1.82, 2.24) is 24.8 Å². The third-order valence-corrected chi connectivity index (χ3v) is 6.32. The minimum absolute atomic E-state index is 0.0325. The zero-order chi connectivity index (χ0) is 21.1. The van der Waals surface area contributed by atoms with E-state index in [9.17, 15) is 9.18 Å². The first-order chi connectivity index (χ1) is 14.5. The maximum atomic E-state index is 13.2. The molecular formula is C21H24FN5O2S. The maximum absolute atomic E-state index is 13.2. The molecule has 0 saturated carbocycles. The summed E-state index contributed by atoms with van der Waals surface area (Å²) >= 11 is 1.34. The van der Waals surface area contributed by atoms with Crippen LogP contribution in [0.5, 0.6) is 0 Å². The lowest BCUT2D eigenvalue weighted by molar-refractivity contribution is 0.0912. The van der Waals surface area contributed by atoms with Crippen molar-refractivity contribution in [3.8, 4) is 0 Å². The Morgan fingerprint density at radius 3 is 2.83 bits per heavy atom. The lowest BCUT2D eigenvalue weighted by atomic mass is 10.2. The fourth-order valence-corrected chi connectivity index (χ4v) is 4.47. The van der Waals surface area contributed by atoms with Crippen molar-refractivity contribution in [3.63, 3.8) is 0 Å². The Morgan fingerprint density at radius 2 is 2.10 bits per heavy atom. The molecule has 1 atom stereocenters. The number of thioether (sulfide) groups is 1. The number of ketones is 1. The molecule has 1 saturated heterocycles. The highest BCUT2D eigenvalue weighted by molar-refractivity contribution is 7.99. The second-order valence-corrected chi connectivity index (χ2v) is 8.43. The van der Waals surface area contributed by atoms with Crippen LogP contribution in [0.15, 0.2) is 35.5 Å². The van der Waals surface area contributed by atoms with E-state index in [4.69, 9.17) is 4.74 Å². The predicted octanol–water partition coefficient (Wildman–Crippen LogP) is 3.43. The molecule has 0 bridgehead atoms. The number of aryl methyl sites for hydroxylation is 1. The molecule has 3 aromatic rings. The van der Waals surface area contributed by atoms with E-state index >= 15 is 0 Å². The van der Waals surface area contributed by atoms with Gasteiger partial charge in [-0.25, -0.2) is 9.07 Å². The van der Waals surface area contributed by atoms with Crippen LogP contribution < -0.4 is 0 Å². The average Bonchev–Trinajstić information content (AvgIpc) is 3.46. The average molecular weight is 430 g/mol. The van der Waals surface area contributed by atoms with Gasteiger partial charge in [0.25, 0.3) is 0 Å². The van der Waals surface area contributed by atoms with Crippen LogP contribution in [0, 0.1) is 19.7 Å². The molecule has 9 heteroatoms. The van der Waals surface area contributed by atoms with Gasteiger partial charge in [0, 0.05) is 30.1 Å². The Hall–Kier alpha value is -2.52. The SMILES string of the molecule is Cc1cc(C(=O)CSc2nnnn2C[C@@H]2CCCO2)c(C)n1Cc1ccc(F)cc1. The van der Waals surface area contributed by atoms with Gasteiger partial charge in [0.05, 0.1) is 18.4 Å². The van der Waals surface area contributed by atoms with Crippen molar-refractivity contribution in [2.45, 2.75) is 51.0 Å². The van der Waals surface area contributed by atoms with Gasteiger partial charge in [-0.1, -0.05) is 23.9 Å². The number of rotatable bonds is 8. The molecule has 2 aromatic heterocycles. The number of benzene rings is 1. The zero-order valence-corrected chi connectivity index (χ0v) is 17.9. The van der Waals surface area contributed by atoms with Crippen LogP contribution in [0.25, 0.3) is 0 Å². The molecule has 0 aliphatic carbocycles. The van der Waals surface area contributed by atoms with E-state index in [1.54, 1.807) is 16.8 Å². The Labute approximate surface area is 178 Å². The molecule has 0 spiro atoms. The summed E-state index contributed by atoms with van der Waals surface area (Å²) in [5.41, 5.74) is 3.58. The molecule has 30 heavy (non-hydrogen) atoms. The highest BCUT2D eigenvalue weighted by Gasteiger charge is 2.21. The summed E-state index contributed by atoms with van der Waals surface area (Å²) in [6.07, 6.45) is 2.19.